The molecule has 3 aromatic rings. The topological polar surface area (TPSA) is 24.8 Å². The second-order valence-electron chi connectivity index (χ2n) is 7.25. The van der Waals surface area contributed by atoms with Gasteiger partial charge in [-0.25, -0.2) is 9.40 Å². The molecule has 2 aliphatic heterocycles. The van der Waals surface area contributed by atoms with Crippen molar-refractivity contribution < 1.29 is 22.3 Å². The fourth-order valence-corrected chi connectivity index (χ4v) is 4.03. The predicted molar refractivity (Wildman–Crippen MR) is 103 cm³/mol. The van der Waals surface area contributed by atoms with Gasteiger partial charge >= 0.3 is 6.18 Å². The fraction of sp³-hybridized carbons (Fsp3) is 0.174. The van der Waals surface area contributed by atoms with E-state index in [0.29, 0.717) is 17.9 Å². The summed E-state index contributed by atoms with van der Waals surface area (Å²) >= 11 is 0. The van der Waals surface area contributed by atoms with Crippen molar-refractivity contribution in [3.8, 4) is 5.75 Å². The van der Waals surface area contributed by atoms with E-state index in [9.17, 15) is 17.6 Å². The van der Waals surface area contributed by atoms with E-state index in [2.05, 4.69) is 5.10 Å². The molecule has 2 heterocycles. The van der Waals surface area contributed by atoms with Gasteiger partial charge in [-0.2, -0.15) is 18.3 Å². The number of hydrogen-bond acceptors (Lipinski definition) is 3. The Balaban J connectivity index is 1.63. The van der Waals surface area contributed by atoms with Crippen molar-refractivity contribution in [2.24, 2.45) is 5.10 Å². The largest absolute Gasteiger partial charge is 0.464 e. The molecule has 3 nitrogen and oxygen atoms in total. The van der Waals surface area contributed by atoms with Gasteiger partial charge in [-0.05, 0) is 29.8 Å². The molecule has 0 N–H and O–H groups in total. The maximum Gasteiger partial charge on any atom is 0.416 e. The Morgan fingerprint density at radius 1 is 0.867 bits per heavy atom. The van der Waals surface area contributed by atoms with E-state index in [0.717, 1.165) is 17.2 Å². The number of rotatable bonds is 2. The minimum absolute atomic E-state index is 0.00797. The minimum Gasteiger partial charge on any atom is -0.464 e. The number of ether oxygens (including phenoxy) is 1. The number of alkyl halides is 3. The molecule has 2 atom stereocenters. The summed E-state index contributed by atoms with van der Waals surface area (Å²) in [5.74, 6) is 0.178. The van der Waals surface area contributed by atoms with E-state index >= 15 is 0 Å². The first-order valence-corrected chi connectivity index (χ1v) is 9.45. The number of halogens is 4. The van der Waals surface area contributed by atoms with Gasteiger partial charge in [-0.3, -0.25) is 0 Å². The molecule has 0 unspecified atom stereocenters. The van der Waals surface area contributed by atoms with E-state index in [1.165, 1.54) is 24.3 Å². The number of benzene rings is 3. The molecule has 0 radical (unpaired) electrons. The molecule has 0 aromatic heterocycles. The highest BCUT2D eigenvalue weighted by Crippen LogP contribution is 2.49. The van der Waals surface area contributed by atoms with E-state index in [1.54, 1.807) is 35.3 Å². The standard InChI is InChI=1S/C23H16F4N2O/c24-15-11-9-14(10-12-15)19-13-20-17-6-2-4-8-21(17)30-22(29(20)28-19)16-5-1-3-7-18(16)23(25,26)27/h1-12,20,22H,13H2/t20-,22-/m1/s1. The molecule has 5 rings (SSSR count). The van der Waals surface area contributed by atoms with Crippen molar-refractivity contribution in [1.29, 1.82) is 0 Å². The molecular weight excluding hydrogens is 396 g/mol. The molecule has 0 amide bonds. The minimum atomic E-state index is -4.52. The van der Waals surface area contributed by atoms with Crippen LogP contribution in [0.25, 0.3) is 0 Å². The van der Waals surface area contributed by atoms with E-state index in [1.807, 2.05) is 12.1 Å². The number of hydrazone groups is 1. The zero-order valence-electron chi connectivity index (χ0n) is 15.6. The Bertz CT molecular complexity index is 1120. The van der Waals surface area contributed by atoms with Crippen LogP contribution < -0.4 is 4.74 Å². The van der Waals surface area contributed by atoms with Crippen molar-refractivity contribution in [2.75, 3.05) is 0 Å². The first-order valence-electron chi connectivity index (χ1n) is 9.45. The highest BCUT2D eigenvalue weighted by molar-refractivity contribution is 6.01. The Kier molecular flexibility index (Phi) is 4.27. The van der Waals surface area contributed by atoms with Gasteiger partial charge < -0.3 is 4.74 Å². The maximum atomic E-state index is 13.7. The van der Waals surface area contributed by atoms with Crippen LogP contribution in [0, 0.1) is 5.82 Å². The number of fused-ring (bicyclic) bond motifs is 3. The molecule has 0 aliphatic carbocycles. The molecule has 0 bridgehead atoms. The highest BCUT2D eigenvalue weighted by atomic mass is 19.4. The molecule has 0 saturated heterocycles. The third-order valence-corrected chi connectivity index (χ3v) is 5.41. The van der Waals surface area contributed by atoms with Crippen molar-refractivity contribution in [1.82, 2.24) is 5.01 Å². The zero-order chi connectivity index (χ0) is 20.9. The lowest BCUT2D eigenvalue weighted by Gasteiger charge is -2.38. The lowest BCUT2D eigenvalue weighted by atomic mass is 9.95. The number of nitrogens with zero attached hydrogens (tertiary/aromatic N) is 2. The number of hydrogen-bond donors (Lipinski definition) is 0. The van der Waals surface area contributed by atoms with Crippen molar-refractivity contribution >= 4 is 5.71 Å². The van der Waals surface area contributed by atoms with Crippen molar-refractivity contribution in [2.45, 2.75) is 24.9 Å². The van der Waals surface area contributed by atoms with Gasteiger partial charge in [-0.1, -0.05) is 48.5 Å². The van der Waals surface area contributed by atoms with Crippen LogP contribution in [0.15, 0.2) is 77.9 Å². The lowest BCUT2D eigenvalue weighted by Crippen LogP contribution is -2.35. The van der Waals surface area contributed by atoms with Gasteiger partial charge in [0.25, 0.3) is 0 Å². The summed E-state index contributed by atoms with van der Waals surface area (Å²) in [7, 11) is 0. The molecule has 2 aliphatic rings. The first-order chi connectivity index (χ1) is 14.4. The third-order valence-electron chi connectivity index (χ3n) is 5.41. The highest BCUT2D eigenvalue weighted by Gasteiger charge is 2.44. The maximum absolute atomic E-state index is 13.7. The van der Waals surface area contributed by atoms with Crippen LogP contribution in [-0.2, 0) is 6.18 Å². The Labute approximate surface area is 170 Å². The quantitative estimate of drug-likeness (QED) is 0.476. The van der Waals surface area contributed by atoms with E-state index < -0.39 is 18.0 Å². The summed E-state index contributed by atoms with van der Waals surface area (Å²) in [6.07, 6.45) is -5.06. The second kappa shape index (κ2) is 6.86. The molecule has 3 aromatic carbocycles. The normalized spacial score (nSPS) is 20.3. The van der Waals surface area contributed by atoms with Crippen LogP contribution >= 0.6 is 0 Å². The van der Waals surface area contributed by atoms with E-state index in [-0.39, 0.29) is 17.4 Å². The monoisotopic (exact) mass is 412 g/mol. The van der Waals surface area contributed by atoms with Crippen LogP contribution in [-0.4, -0.2) is 10.7 Å². The molecule has 7 heteroatoms. The first kappa shape index (κ1) is 18.7. The number of para-hydroxylation sites is 1. The van der Waals surface area contributed by atoms with Crippen LogP contribution in [0.4, 0.5) is 17.6 Å². The van der Waals surface area contributed by atoms with E-state index in [4.69, 9.17) is 4.74 Å². The summed E-state index contributed by atoms with van der Waals surface area (Å²) in [6, 6.07) is 18.3. The zero-order valence-corrected chi connectivity index (χ0v) is 15.6. The predicted octanol–water partition coefficient (Wildman–Crippen LogP) is 6.09. The SMILES string of the molecule is Fc1ccc(C2=NN3[C@H](C2)c2ccccc2O[C@@H]3c2ccccc2C(F)(F)F)cc1. The Morgan fingerprint density at radius 2 is 1.53 bits per heavy atom. The molecular formula is C23H16F4N2O. The Hall–Kier alpha value is -3.35. The summed E-state index contributed by atoms with van der Waals surface area (Å²) in [4.78, 5) is 0. The molecule has 0 spiro atoms. The third kappa shape index (κ3) is 3.10. The summed E-state index contributed by atoms with van der Waals surface area (Å²) < 4.78 is 60.4. The molecule has 0 fully saturated rings. The van der Waals surface area contributed by atoms with Crippen LogP contribution in [0.3, 0.4) is 0 Å². The van der Waals surface area contributed by atoms with Gasteiger partial charge in [0.15, 0.2) is 0 Å². The van der Waals surface area contributed by atoms with Crippen molar-refractivity contribution in [3.63, 3.8) is 0 Å². The second-order valence-corrected chi connectivity index (χ2v) is 7.25. The molecule has 30 heavy (non-hydrogen) atoms. The van der Waals surface area contributed by atoms with Gasteiger partial charge in [0.2, 0.25) is 6.23 Å². The van der Waals surface area contributed by atoms with Gasteiger partial charge in [-0.15, -0.1) is 0 Å². The van der Waals surface area contributed by atoms with Crippen molar-refractivity contribution in [3.05, 3.63) is 101 Å². The smallest absolute Gasteiger partial charge is 0.416 e. The lowest BCUT2D eigenvalue weighted by molar-refractivity contribution is -0.140. The van der Waals surface area contributed by atoms with Crippen LogP contribution in [0.5, 0.6) is 5.75 Å². The summed E-state index contributed by atoms with van der Waals surface area (Å²) in [5, 5.41) is 6.21. The fourth-order valence-electron chi connectivity index (χ4n) is 4.03. The summed E-state index contributed by atoms with van der Waals surface area (Å²) in [5.41, 5.74) is 1.52. The van der Waals surface area contributed by atoms with Gasteiger partial charge in [0.1, 0.15) is 11.6 Å². The van der Waals surface area contributed by atoms with Crippen LogP contribution in [0.1, 0.15) is 40.9 Å². The Morgan fingerprint density at radius 3 is 2.27 bits per heavy atom. The molecule has 152 valence electrons. The summed E-state index contributed by atoms with van der Waals surface area (Å²) in [6.45, 7) is 0. The average Bonchev–Trinajstić information content (AvgIpc) is 3.19. The van der Waals surface area contributed by atoms with Gasteiger partial charge in [0, 0.05) is 17.5 Å². The van der Waals surface area contributed by atoms with Gasteiger partial charge in [0.05, 0.1) is 17.3 Å². The average molecular weight is 412 g/mol. The molecule has 0 saturated carbocycles. The van der Waals surface area contributed by atoms with Crippen LogP contribution in [0.2, 0.25) is 0 Å².